The normalized spacial score (nSPS) is 11.5. The lowest BCUT2D eigenvalue weighted by atomic mass is 10.2. The van der Waals surface area contributed by atoms with Gasteiger partial charge in [-0.3, -0.25) is 9.00 Å². The van der Waals surface area contributed by atoms with Gasteiger partial charge in [0.05, 0.1) is 11.6 Å². The average molecular weight is 250 g/mol. The van der Waals surface area contributed by atoms with Gasteiger partial charge in [0.2, 0.25) is 5.91 Å². The van der Waals surface area contributed by atoms with Crippen molar-refractivity contribution in [2.45, 2.75) is 13.3 Å². The lowest BCUT2D eigenvalue weighted by Crippen LogP contribution is -2.20. The van der Waals surface area contributed by atoms with Gasteiger partial charge in [0.15, 0.2) is 0 Å². The molecule has 1 aromatic rings. The second kappa shape index (κ2) is 6.81. The standard InChI is InChI=1S/C12H14N2O2S/c1-2-6-17(16)9-12(15)14-11-5-3-4-10(7-11)8-13/h3-5,7H,2,6,9H2,1H3,(H,14,15). The van der Waals surface area contributed by atoms with E-state index in [1.54, 1.807) is 24.3 Å². The van der Waals surface area contributed by atoms with Crippen LogP contribution in [0.2, 0.25) is 0 Å². The summed E-state index contributed by atoms with van der Waals surface area (Å²) in [4.78, 5) is 11.5. The Bertz CT molecular complexity index is 466. The van der Waals surface area contributed by atoms with Crippen LogP contribution >= 0.6 is 0 Å². The maximum Gasteiger partial charge on any atom is 0.236 e. The van der Waals surface area contributed by atoms with E-state index in [2.05, 4.69) is 5.32 Å². The van der Waals surface area contributed by atoms with Gasteiger partial charge in [-0.05, 0) is 24.6 Å². The molecule has 90 valence electrons. The minimum atomic E-state index is -1.11. The fourth-order valence-corrected chi connectivity index (χ4v) is 2.27. The molecule has 0 aliphatic carbocycles. The van der Waals surface area contributed by atoms with Crippen LogP contribution in [0.3, 0.4) is 0 Å². The number of hydrogen-bond acceptors (Lipinski definition) is 3. The summed E-state index contributed by atoms with van der Waals surface area (Å²) in [5.74, 6) is 0.253. The van der Waals surface area contributed by atoms with E-state index in [-0.39, 0.29) is 11.7 Å². The van der Waals surface area contributed by atoms with E-state index in [0.29, 0.717) is 17.0 Å². The fraction of sp³-hybridized carbons (Fsp3) is 0.333. The molecule has 0 fully saturated rings. The molecule has 0 aliphatic heterocycles. The number of carbonyl (C=O) groups excluding carboxylic acids is 1. The van der Waals surface area contributed by atoms with Crippen LogP contribution in [0.5, 0.6) is 0 Å². The van der Waals surface area contributed by atoms with Gasteiger partial charge in [-0.2, -0.15) is 5.26 Å². The molecule has 1 amide bonds. The molecular weight excluding hydrogens is 236 g/mol. The summed E-state index contributed by atoms with van der Waals surface area (Å²) in [7, 11) is -1.11. The van der Waals surface area contributed by atoms with Crippen LogP contribution in [-0.4, -0.2) is 21.6 Å². The molecule has 0 radical (unpaired) electrons. The summed E-state index contributed by atoms with van der Waals surface area (Å²) in [6.45, 7) is 1.92. The number of rotatable bonds is 5. The lowest BCUT2D eigenvalue weighted by molar-refractivity contribution is -0.113. The third-order valence-corrected chi connectivity index (χ3v) is 3.45. The molecule has 1 atom stereocenters. The molecule has 4 nitrogen and oxygen atoms in total. The molecule has 0 aromatic heterocycles. The fourth-order valence-electron chi connectivity index (χ4n) is 1.31. The SMILES string of the molecule is CCCS(=O)CC(=O)Nc1cccc(C#N)c1. The predicted octanol–water partition coefficient (Wildman–Crippen LogP) is 1.66. The van der Waals surface area contributed by atoms with E-state index >= 15 is 0 Å². The molecule has 0 heterocycles. The van der Waals surface area contributed by atoms with Crippen molar-refractivity contribution in [3.8, 4) is 6.07 Å². The Balaban J connectivity index is 2.56. The molecule has 1 unspecified atom stereocenters. The van der Waals surface area contributed by atoms with Crippen molar-refractivity contribution in [2.75, 3.05) is 16.8 Å². The monoisotopic (exact) mass is 250 g/mol. The first-order valence-corrected chi connectivity index (χ1v) is 6.79. The van der Waals surface area contributed by atoms with E-state index in [1.165, 1.54) is 0 Å². The predicted molar refractivity (Wildman–Crippen MR) is 68.0 cm³/mol. The highest BCUT2D eigenvalue weighted by Gasteiger charge is 2.07. The zero-order valence-electron chi connectivity index (χ0n) is 9.60. The van der Waals surface area contributed by atoms with E-state index in [9.17, 15) is 9.00 Å². The summed E-state index contributed by atoms with van der Waals surface area (Å²) in [6.07, 6.45) is 0.795. The number of hydrogen-bond donors (Lipinski definition) is 1. The van der Waals surface area contributed by atoms with Crippen LogP contribution in [-0.2, 0) is 15.6 Å². The number of anilines is 1. The summed E-state index contributed by atoms with van der Waals surface area (Å²) < 4.78 is 11.4. The van der Waals surface area contributed by atoms with Gasteiger partial charge < -0.3 is 5.32 Å². The van der Waals surface area contributed by atoms with Crippen molar-refractivity contribution in [1.29, 1.82) is 5.26 Å². The van der Waals surface area contributed by atoms with Crippen LogP contribution in [0.25, 0.3) is 0 Å². The summed E-state index contributed by atoms with van der Waals surface area (Å²) in [5, 5.41) is 11.3. The van der Waals surface area contributed by atoms with Crippen LogP contribution in [0, 0.1) is 11.3 Å². The molecule has 0 aliphatic rings. The number of carbonyl (C=O) groups is 1. The van der Waals surface area contributed by atoms with Crippen LogP contribution < -0.4 is 5.32 Å². The Labute approximate surface area is 103 Å². The second-order valence-electron chi connectivity index (χ2n) is 3.53. The molecule has 1 aromatic carbocycles. The number of amides is 1. The lowest BCUT2D eigenvalue weighted by Gasteiger charge is -2.04. The van der Waals surface area contributed by atoms with Gasteiger partial charge in [-0.1, -0.05) is 13.0 Å². The van der Waals surface area contributed by atoms with Gasteiger partial charge in [-0.15, -0.1) is 0 Å². The van der Waals surface area contributed by atoms with E-state index in [1.807, 2.05) is 13.0 Å². The van der Waals surface area contributed by atoms with Gasteiger partial charge in [0, 0.05) is 22.2 Å². The molecule has 1 rings (SSSR count). The smallest absolute Gasteiger partial charge is 0.236 e. The number of nitrogens with one attached hydrogen (secondary N) is 1. The number of benzene rings is 1. The van der Waals surface area contributed by atoms with Gasteiger partial charge in [0.25, 0.3) is 0 Å². The van der Waals surface area contributed by atoms with Gasteiger partial charge >= 0.3 is 0 Å². The summed E-state index contributed by atoms with van der Waals surface area (Å²) >= 11 is 0. The number of nitrogens with zero attached hydrogens (tertiary/aromatic N) is 1. The summed E-state index contributed by atoms with van der Waals surface area (Å²) in [6, 6.07) is 8.62. The van der Waals surface area contributed by atoms with E-state index in [4.69, 9.17) is 5.26 Å². The first-order valence-electron chi connectivity index (χ1n) is 5.30. The first kappa shape index (κ1) is 13.4. The van der Waals surface area contributed by atoms with Gasteiger partial charge in [0.1, 0.15) is 5.75 Å². The van der Waals surface area contributed by atoms with Crippen LogP contribution in [0.1, 0.15) is 18.9 Å². The maximum atomic E-state index is 11.5. The first-order chi connectivity index (χ1) is 8.15. The zero-order chi connectivity index (χ0) is 12.7. The highest BCUT2D eigenvalue weighted by atomic mass is 32.2. The van der Waals surface area contributed by atoms with Crippen molar-refractivity contribution >= 4 is 22.4 Å². The third-order valence-electron chi connectivity index (χ3n) is 2.00. The Hall–Kier alpha value is -1.67. The molecule has 0 saturated heterocycles. The molecule has 17 heavy (non-hydrogen) atoms. The largest absolute Gasteiger partial charge is 0.325 e. The highest BCUT2D eigenvalue weighted by molar-refractivity contribution is 7.85. The van der Waals surface area contributed by atoms with Crippen LogP contribution in [0.4, 0.5) is 5.69 Å². The topological polar surface area (TPSA) is 70.0 Å². The maximum absolute atomic E-state index is 11.5. The Morgan fingerprint density at radius 3 is 2.94 bits per heavy atom. The van der Waals surface area contributed by atoms with Crippen LogP contribution in [0.15, 0.2) is 24.3 Å². The van der Waals surface area contributed by atoms with Crippen molar-refractivity contribution < 1.29 is 9.00 Å². The van der Waals surface area contributed by atoms with E-state index in [0.717, 1.165) is 6.42 Å². The highest BCUT2D eigenvalue weighted by Crippen LogP contribution is 2.09. The quantitative estimate of drug-likeness (QED) is 0.864. The molecule has 0 saturated carbocycles. The van der Waals surface area contributed by atoms with Crippen molar-refractivity contribution in [3.63, 3.8) is 0 Å². The Morgan fingerprint density at radius 1 is 1.53 bits per heavy atom. The third kappa shape index (κ3) is 4.79. The number of nitriles is 1. The second-order valence-corrected chi connectivity index (χ2v) is 5.11. The molecular formula is C12H14N2O2S. The van der Waals surface area contributed by atoms with Crippen molar-refractivity contribution in [2.24, 2.45) is 0 Å². The van der Waals surface area contributed by atoms with Crippen molar-refractivity contribution in [3.05, 3.63) is 29.8 Å². The molecule has 0 bridgehead atoms. The summed E-state index contributed by atoms with van der Waals surface area (Å²) in [5.41, 5.74) is 1.04. The molecule has 0 spiro atoms. The van der Waals surface area contributed by atoms with Crippen molar-refractivity contribution in [1.82, 2.24) is 0 Å². The zero-order valence-corrected chi connectivity index (χ0v) is 10.4. The minimum Gasteiger partial charge on any atom is -0.325 e. The Kier molecular flexibility index (Phi) is 5.37. The average Bonchev–Trinajstić information content (AvgIpc) is 2.29. The van der Waals surface area contributed by atoms with Gasteiger partial charge in [-0.25, -0.2) is 0 Å². The minimum absolute atomic E-state index is 0.00458. The molecule has 5 heteroatoms. The molecule has 1 N–H and O–H groups in total. The van der Waals surface area contributed by atoms with E-state index < -0.39 is 10.8 Å². The Morgan fingerprint density at radius 2 is 2.29 bits per heavy atom.